The average Bonchev–Trinajstić information content (AvgIpc) is 3.58. The zero-order valence-corrected chi connectivity index (χ0v) is 22.0. The molecule has 3 aromatic rings. The molecule has 3 aromatic carbocycles. The van der Waals surface area contributed by atoms with Gasteiger partial charge in [-0.2, -0.15) is 0 Å². The molecule has 6 nitrogen and oxygen atoms in total. The molecule has 2 aliphatic heterocycles. The van der Waals surface area contributed by atoms with Crippen LogP contribution >= 0.6 is 11.8 Å². The van der Waals surface area contributed by atoms with Gasteiger partial charge in [0.25, 0.3) is 0 Å². The highest BCUT2D eigenvalue weighted by molar-refractivity contribution is 8.00. The number of thioether (sulfide) groups is 1. The van der Waals surface area contributed by atoms with Gasteiger partial charge >= 0.3 is 0 Å². The highest BCUT2D eigenvalue weighted by atomic mass is 32.2. The van der Waals surface area contributed by atoms with Gasteiger partial charge in [-0.05, 0) is 30.5 Å². The van der Waals surface area contributed by atoms with Gasteiger partial charge in [-0.15, -0.1) is 11.8 Å². The van der Waals surface area contributed by atoms with E-state index in [4.69, 9.17) is 14.2 Å². The summed E-state index contributed by atoms with van der Waals surface area (Å²) in [5.74, 6) is 0.108. The monoisotopic (exact) mass is 521 g/mol. The largest absolute Gasteiger partial charge is 0.388 e. The Kier molecular flexibility index (Phi) is 8.02. The van der Waals surface area contributed by atoms with Crippen molar-refractivity contribution >= 4 is 11.8 Å². The maximum atomic E-state index is 11.3. The van der Waals surface area contributed by atoms with Crippen LogP contribution in [0.3, 0.4) is 0 Å². The summed E-state index contributed by atoms with van der Waals surface area (Å²) in [7, 11) is 0. The van der Waals surface area contributed by atoms with Gasteiger partial charge in [-0.25, -0.2) is 0 Å². The Morgan fingerprint density at radius 1 is 0.892 bits per heavy atom. The molecule has 37 heavy (non-hydrogen) atoms. The van der Waals surface area contributed by atoms with E-state index in [1.165, 1.54) is 0 Å². The molecule has 0 saturated carbocycles. The lowest BCUT2D eigenvalue weighted by Crippen LogP contribution is -2.50. The fourth-order valence-corrected chi connectivity index (χ4v) is 6.39. The fraction of sp³-hybridized carbons (Fsp3) is 0.400. The van der Waals surface area contributed by atoms with Gasteiger partial charge in [0.2, 0.25) is 0 Å². The minimum Gasteiger partial charge on any atom is -0.388 e. The second-order valence-electron chi connectivity index (χ2n) is 9.96. The van der Waals surface area contributed by atoms with E-state index >= 15 is 0 Å². The first-order valence-electron chi connectivity index (χ1n) is 12.8. The zero-order chi connectivity index (χ0) is 25.9. The van der Waals surface area contributed by atoms with Crippen LogP contribution in [0.4, 0.5) is 0 Å². The third-order valence-electron chi connectivity index (χ3n) is 6.95. The van der Waals surface area contributed by atoms with Crippen LogP contribution in [-0.4, -0.2) is 64.7 Å². The Labute approximate surface area is 223 Å². The molecule has 5 atom stereocenters. The predicted octanol–water partition coefficient (Wildman–Crippen LogP) is 3.90. The maximum absolute atomic E-state index is 11.3. The fourth-order valence-electron chi connectivity index (χ4n) is 5.27. The van der Waals surface area contributed by atoms with Gasteiger partial charge in [0.15, 0.2) is 5.79 Å². The summed E-state index contributed by atoms with van der Waals surface area (Å²) >= 11 is 1.74. The molecule has 196 valence electrons. The number of aliphatic hydroxyl groups excluding tert-OH is 2. The molecule has 0 bridgehead atoms. The number of rotatable bonds is 9. The van der Waals surface area contributed by atoms with Crippen molar-refractivity contribution in [1.82, 2.24) is 5.32 Å². The lowest BCUT2D eigenvalue weighted by Gasteiger charge is -2.37. The van der Waals surface area contributed by atoms with E-state index in [0.29, 0.717) is 0 Å². The Hall–Kier alpha value is -2.23. The van der Waals surface area contributed by atoms with Crippen molar-refractivity contribution in [3.05, 3.63) is 108 Å². The van der Waals surface area contributed by atoms with Crippen LogP contribution in [0.2, 0.25) is 0 Å². The van der Waals surface area contributed by atoms with Crippen molar-refractivity contribution < 1.29 is 24.4 Å². The summed E-state index contributed by atoms with van der Waals surface area (Å²) in [6.45, 7) is 4.43. The highest BCUT2D eigenvalue weighted by Gasteiger charge is 2.51. The summed E-state index contributed by atoms with van der Waals surface area (Å²) in [6, 6.07) is 29.9. The molecule has 0 aromatic heterocycles. The predicted molar refractivity (Wildman–Crippen MR) is 145 cm³/mol. The Morgan fingerprint density at radius 2 is 1.41 bits per heavy atom. The molecule has 5 rings (SSSR count). The van der Waals surface area contributed by atoms with Crippen molar-refractivity contribution in [2.45, 2.75) is 55.0 Å². The molecule has 0 radical (unpaired) electrons. The molecule has 0 spiro atoms. The highest BCUT2D eigenvalue weighted by Crippen LogP contribution is 2.41. The van der Waals surface area contributed by atoms with E-state index < -0.39 is 35.8 Å². The third-order valence-corrected chi connectivity index (χ3v) is 8.18. The standard InChI is InChI=1S/C30H35NO5S/c1-29(2)35-26(27(36-29)28-31-18-19-37-28)25(33)24(32)20-34-30(21-12-6-3-7-13-21,22-14-8-4-9-15-22)23-16-10-5-11-17-23/h3-17,24-28,31-33H,18-20H2,1-2H3/t24-,25-,26+,27+,28?/m1/s1. The van der Waals surface area contributed by atoms with Crippen LogP contribution in [-0.2, 0) is 19.8 Å². The topological polar surface area (TPSA) is 80.2 Å². The van der Waals surface area contributed by atoms with Crippen LogP contribution in [0.15, 0.2) is 91.0 Å². The van der Waals surface area contributed by atoms with Crippen molar-refractivity contribution in [3.8, 4) is 0 Å². The molecular formula is C30H35NO5S. The van der Waals surface area contributed by atoms with E-state index in [0.717, 1.165) is 29.0 Å². The van der Waals surface area contributed by atoms with Gasteiger partial charge < -0.3 is 29.7 Å². The smallest absolute Gasteiger partial charge is 0.164 e. The molecule has 7 heteroatoms. The number of hydrogen-bond acceptors (Lipinski definition) is 7. The van der Waals surface area contributed by atoms with Crippen LogP contribution in [0, 0.1) is 0 Å². The minimum absolute atomic E-state index is 0.00779. The molecule has 0 aliphatic carbocycles. The lowest BCUT2D eigenvalue weighted by atomic mass is 9.80. The molecule has 0 amide bonds. The van der Waals surface area contributed by atoms with Gasteiger partial charge in [0.05, 0.1) is 12.0 Å². The first-order valence-corrected chi connectivity index (χ1v) is 13.8. The molecule has 2 saturated heterocycles. The summed E-state index contributed by atoms with van der Waals surface area (Å²) in [4.78, 5) is 0. The SMILES string of the molecule is CC1(C)O[C@@H]([C@H](O)[C@H](O)COC(c2ccccc2)(c2ccccc2)c2ccccc2)[C@@H](C2NCCS2)O1. The summed E-state index contributed by atoms with van der Waals surface area (Å²) in [5, 5.41) is 26.0. The number of ether oxygens (including phenoxy) is 3. The van der Waals surface area contributed by atoms with E-state index in [2.05, 4.69) is 5.32 Å². The van der Waals surface area contributed by atoms with Gasteiger partial charge in [0.1, 0.15) is 30.0 Å². The average molecular weight is 522 g/mol. The lowest BCUT2D eigenvalue weighted by molar-refractivity contribution is -0.168. The second-order valence-corrected chi connectivity index (χ2v) is 11.2. The number of nitrogens with one attached hydrogen (secondary N) is 1. The van der Waals surface area contributed by atoms with E-state index in [-0.39, 0.29) is 12.0 Å². The van der Waals surface area contributed by atoms with Gasteiger partial charge in [0, 0.05) is 12.3 Å². The van der Waals surface area contributed by atoms with Crippen LogP contribution in [0.5, 0.6) is 0 Å². The van der Waals surface area contributed by atoms with Crippen LogP contribution < -0.4 is 5.32 Å². The Morgan fingerprint density at radius 3 is 1.86 bits per heavy atom. The minimum atomic E-state index is -1.20. The molecule has 2 fully saturated rings. The first-order chi connectivity index (χ1) is 17.9. The molecule has 2 aliphatic rings. The molecule has 3 N–H and O–H groups in total. The van der Waals surface area contributed by atoms with Crippen molar-refractivity contribution in [2.75, 3.05) is 18.9 Å². The molecule has 2 heterocycles. The summed E-state index contributed by atoms with van der Waals surface area (Å²) in [6.07, 6.45) is -3.49. The van der Waals surface area contributed by atoms with E-state index in [1.807, 2.05) is 105 Å². The van der Waals surface area contributed by atoms with Gasteiger partial charge in [-0.1, -0.05) is 91.0 Å². The number of hydrogen-bond donors (Lipinski definition) is 3. The number of aliphatic hydroxyl groups is 2. The Bertz CT molecular complexity index is 1030. The van der Waals surface area contributed by atoms with Crippen LogP contribution in [0.1, 0.15) is 30.5 Å². The van der Waals surface area contributed by atoms with Crippen molar-refractivity contribution in [2.24, 2.45) is 0 Å². The summed E-state index contributed by atoms with van der Waals surface area (Å²) in [5.41, 5.74) is 1.80. The quantitative estimate of drug-likeness (QED) is 0.369. The molecule has 1 unspecified atom stereocenters. The zero-order valence-electron chi connectivity index (χ0n) is 21.2. The number of benzene rings is 3. The summed E-state index contributed by atoms with van der Waals surface area (Å²) < 4.78 is 19.0. The van der Waals surface area contributed by atoms with Crippen molar-refractivity contribution in [3.63, 3.8) is 0 Å². The van der Waals surface area contributed by atoms with Crippen LogP contribution in [0.25, 0.3) is 0 Å². The van der Waals surface area contributed by atoms with E-state index in [1.54, 1.807) is 11.8 Å². The second kappa shape index (κ2) is 11.3. The van der Waals surface area contributed by atoms with E-state index in [9.17, 15) is 10.2 Å². The molecular weight excluding hydrogens is 486 g/mol. The normalized spacial score (nSPS) is 25.1. The van der Waals surface area contributed by atoms with Gasteiger partial charge in [-0.3, -0.25) is 0 Å². The van der Waals surface area contributed by atoms with Crippen molar-refractivity contribution in [1.29, 1.82) is 0 Å². The first kappa shape index (κ1) is 26.4. The third kappa shape index (κ3) is 5.49. The Balaban J connectivity index is 1.45. The maximum Gasteiger partial charge on any atom is 0.164 e.